The first-order valence-corrected chi connectivity index (χ1v) is 4.71. The number of benzene rings is 1. The molecule has 7 heteroatoms. The van der Waals surface area contributed by atoms with Crippen LogP contribution in [-0.2, 0) is 0 Å². The Bertz CT molecular complexity index is 350. The maximum atomic E-state index is 12.8. The Kier molecular flexibility index (Phi) is 3.41. The van der Waals surface area contributed by atoms with Gasteiger partial charge in [0.2, 0.25) is 0 Å². The molecule has 1 radical (unpaired) electrons. The monoisotopic (exact) mass is 335 g/mol. The standard InChI is InChI=1S/C7HBr2F4O/c8-3-1-2-4(10)5(9)6(3)14-7(11,12)13/h1H. The molecule has 0 aliphatic rings. The predicted molar refractivity (Wildman–Crippen MR) is 47.3 cm³/mol. The molecule has 0 atom stereocenters. The smallest absolute Gasteiger partial charge is 0.403 e. The molecule has 0 aromatic heterocycles. The summed E-state index contributed by atoms with van der Waals surface area (Å²) in [6, 6.07) is 3.09. The molecule has 0 saturated carbocycles. The van der Waals surface area contributed by atoms with Crippen LogP contribution in [0.3, 0.4) is 0 Å². The van der Waals surface area contributed by atoms with Crippen molar-refractivity contribution in [3.05, 3.63) is 26.9 Å². The van der Waals surface area contributed by atoms with Crippen molar-refractivity contribution in [2.75, 3.05) is 0 Å². The lowest BCUT2D eigenvalue weighted by Crippen LogP contribution is -2.18. The Morgan fingerprint density at radius 2 is 1.86 bits per heavy atom. The van der Waals surface area contributed by atoms with E-state index < -0.39 is 22.4 Å². The van der Waals surface area contributed by atoms with Gasteiger partial charge in [0.25, 0.3) is 0 Å². The molecule has 0 heterocycles. The summed E-state index contributed by atoms with van der Waals surface area (Å²) >= 11 is 5.40. The molecule has 0 saturated heterocycles. The van der Waals surface area contributed by atoms with Gasteiger partial charge >= 0.3 is 6.36 Å². The van der Waals surface area contributed by atoms with Crippen molar-refractivity contribution >= 4 is 31.9 Å². The fraction of sp³-hybridized carbons (Fsp3) is 0.143. The van der Waals surface area contributed by atoms with Crippen LogP contribution in [0.1, 0.15) is 0 Å². The van der Waals surface area contributed by atoms with Crippen molar-refractivity contribution in [1.82, 2.24) is 0 Å². The van der Waals surface area contributed by atoms with Crippen LogP contribution in [0, 0.1) is 11.9 Å². The van der Waals surface area contributed by atoms with Gasteiger partial charge in [-0.15, -0.1) is 13.2 Å². The largest absolute Gasteiger partial charge is 0.573 e. The van der Waals surface area contributed by atoms with E-state index in [9.17, 15) is 17.6 Å². The molecule has 0 aliphatic carbocycles. The second kappa shape index (κ2) is 4.06. The molecule has 1 aromatic rings. The van der Waals surface area contributed by atoms with Crippen LogP contribution in [0.15, 0.2) is 15.0 Å². The van der Waals surface area contributed by atoms with Crippen LogP contribution in [0.25, 0.3) is 0 Å². The first kappa shape index (κ1) is 11.8. The summed E-state index contributed by atoms with van der Waals surface area (Å²) in [5.41, 5.74) is 0. The molecule has 1 nitrogen and oxygen atoms in total. The van der Waals surface area contributed by atoms with Gasteiger partial charge in [0.05, 0.1) is 8.95 Å². The highest BCUT2D eigenvalue weighted by Gasteiger charge is 2.33. The summed E-state index contributed by atoms with van der Waals surface area (Å²) in [6.07, 6.45) is -4.86. The van der Waals surface area contributed by atoms with E-state index >= 15 is 0 Å². The van der Waals surface area contributed by atoms with Crippen LogP contribution >= 0.6 is 31.9 Å². The van der Waals surface area contributed by atoms with E-state index in [1.807, 2.05) is 0 Å². The van der Waals surface area contributed by atoms with Gasteiger partial charge in [0.15, 0.2) is 5.75 Å². The van der Waals surface area contributed by atoms with Crippen molar-refractivity contribution in [3.8, 4) is 5.75 Å². The molecule has 0 aliphatic heterocycles. The Morgan fingerprint density at radius 1 is 1.29 bits per heavy atom. The number of alkyl halides is 3. The maximum absolute atomic E-state index is 12.8. The SMILES string of the molecule is Fc1[c]cc(Br)c(OC(F)(F)F)c1Br. The minimum atomic E-state index is -4.86. The van der Waals surface area contributed by atoms with E-state index in [0.29, 0.717) is 0 Å². The zero-order chi connectivity index (χ0) is 10.9. The van der Waals surface area contributed by atoms with Gasteiger partial charge in [-0.2, -0.15) is 0 Å². The molecule has 0 fully saturated rings. The predicted octanol–water partition coefficient (Wildman–Crippen LogP) is 4.05. The van der Waals surface area contributed by atoms with Gasteiger partial charge in [0, 0.05) is 6.07 Å². The first-order valence-electron chi connectivity index (χ1n) is 3.12. The lowest BCUT2D eigenvalue weighted by Gasteiger charge is -2.12. The molecule has 0 spiro atoms. The van der Waals surface area contributed by atoms with E-state index in [0.717, 1.165) is 6.07 Å². The third-order valence-corrected chi connectivity index (χ3v) is 2.45. The molecule has 1 rings (SSSR count). The van der Waals surface area contributed by atoms with E-state index in [2.05, 4.69) is 42.7 Å². The van der Waals surface area contributed by atoms with Crippen LogP contribution in [0.4, 0.5) is 17.6 Å². The van der Waals surface area contributed by atoms with Gasteiger partial charge in [-0.25, -0.2) is 4.39 Å². The van der Waals surface area contributed by atoms with Crippen molar-refractivity contribution in [3.63, 3.8) is 0 Å². The molecule has 0 amide bonds. The summed E-state index contributed by atoms with van der Waals surface area (Å²) in [4.78, 5) is 0. The third kappa shape index (κ3) is 2.84. The highest BCUT2D eigenvalue weighted by atomic mass is 79.9. The van der Waals surface area contributed by atoms with E-state index in [1.54, 1.807) is 0 Å². The Morgan fingerprint density at radius 3 is 2.36 bits per heavy atom. The minimum Gasteiger partial charge on any atom is -0.403 e. The van der Waals surface area contributed by atoms with Gasteiger partial charge in [0.1, 0.15) is 5.82 Å². The zero-order valence-corrected chi connectivity index (χ0v) is 9.43. The van der Waals surface area contributed by atoms with Crippen LogP contribution in [0.5, 0.6) is 5.75 Å². The van der Waals surface area contributed by atoms with Crippen LogP contribution in [-0.4, -0.2) is 6.36 Å². The van der Waals surface area contributed by atoms with E-state index in [-0.39, 0.29) is 4.47 Å². The quantitative estimate of drug-likeness (QED) is 0.555. The Balaban J connectivity index is 3.13. The fourth-order valence-corrected chi connectivity index (χ4v) is 1.74. The Labute approximate surface area is 93.3 Å². The van der Waals surface area contributed by atoms with Gasteiger partial charge in [-0.05, 0) is 37.9 Å². The van der Waals surface area contributed by atoms with Crippen molar-refractivity contribution in [1.29, 1.82) is 0 Å². The molecular weight excluding hydrogens is 336 g/mol. The lowest BCUT2D eigenvalue weighted by molar-refractivity contribution is -0.275. The normalized spacial score (nSPS) is 11.6. The summed E-state index contributed by atoms with van der Waals surface area (Å²) in [5.74, 6) is -1.61. The summed E-state index contributed by atoms with van der Waals surface area (Å²) < 4.78 is 51.4. The van der Waals surface area contributed by atoms with Gasteiger partial charge < -0.3 is 4.74 Å². The lowest BCUT2D eigenvalue weighted by atomic mass is 10.3. The van der Waals surface area contributed by atoms with Crippen molar-refractivity contribution in [2.45, 2.75) is 6.36 Å². The average molecular weight is 337 g/mol. The molecule has 0 bridgehead atoms. The number of hydrogen-bond donors (Lipinski definition) is 0. The highest BCUT2D eigenvalue weighted by Crippen LogP contribution is 2.38. The van der Waals surface area contributed by atoms with Gasteiger partial charge in [-0.1, -0.05) is 0 Å². The number of hydrogen-bond acceptors (Lipinski definition) is 1. The molecule has 77 valence electrons. The molecule has 0 N–H and O–H groups in total. The van der Waals surface area contributed by atoms with Crippen LogP contribution in [0.2, 0.25) is 0 Å². The topological polar surface area (TPSA) is 9.23 Å². The van der Waals surface area contributed by atoms with Crippen LogP contribution < -0.4 is 4.74 Å². The summed E-state index contributed by atoms with van der Waals surface area (Å²) in [5, 5.41) is 0. The maximum Gasteiger partial charge on any atom is 0.573 e. The molecule has 14 heavy (non-hydrogen) atoms. The second-order valence-corrected chi connectivity index (χ2v) is 3.79. The highest BCUT2D eigenvalue weighted by molar-refractivity contribution is 9.11. The number of rotatable bonds is 1. The molecular formula is C7HBr2F4O. The summed E-state index contributed by atoms with van der Waals surface area (Å²) in [6.45, 7) is 0. The van der Waals surface area contributed by atoms with Gasteiger partial charge in [-0.3, -0.25) is 0 Å². The Hall–Kier alpha value is -0.300. The second-order valence-electron chi connectivity index (χ2n) is 2.14. The first-order chi connectivity index (χ1) is 6.31. The fourth-order valence-electron chi connectivity index (χ4n) is 0.669. The number of ether oxygens (including phenoxy) is 1. The summed E-state index contributed by atoms with van der Waals surface area (Å²) in [7, 11) is 0. The molecule has 0 unspecified atom stereocenters. The zero-order valence-electron chi connectivity index (χ0n) is 6.25. The minimum absolute atomic E-state index is 0.0388. The number of halogens is 6. The van der Waals surface area contributed by atoms with E-state index in [4.69, 9.17) is 0 Å². The average Bonchev–Trinajstić information content (AvgIpc) is 2.04. The van der Waals surface area contributed by atoms with Crippen molar-refractivity contribution in [2.24, 2.45) is 0 Å². The van der Waals surface area contributed by atoms with E-state index in [1.165, 1.54) is 0 Å². The third-order valence-electron chi connectivity index (χ3n) is 1.15. The molecule has 1 aromatic carbocycles. The van der Waals surface area contributed by atoms with Crippen molar-refractivity contribution < 1.29 is 22.3 Å².